The molecular formula is C8H11ClN4S. The molecule has 0 unspecified atom stereocenters. The number of thioether (sulfide) groups is 1. The number of anilines is 2. The van der Waals surface area contributed by atoms with Crippen LogP contribution in [0.1, 0.15) is 0 Å². The molecule has 2 heterocycles. The van der Waals surface area contributed by atoms with Crippen LogP contribution in [-0.4, -0.2) is 34.6 Å². The first kappa shape index (κ1) is 9.86. The van der Waals surface area contributed by atoms with Crippen molar-refractivity contribution in [3.05, 3.63) is 11.3 Å². The highest BCUT2D eigenvalue weighted by atomic mass is 35.5. The van der Waals surface area contributed by atoms with Gasteiger partial charge in [-0.05, 0) is 0 Å². The second-order valence-electron chi connectivity index (χ2n) is 3.00. The Kier molecular flexibility index (Phi) is 2.98. The molecule has 1 aromatic rings. The average Bonchev–Trinajstić information content (AvgIpc) is 2.23. The number of nitrogens with two attached hydrogens (primary N) is 1. The van der Waals surface area contributed by atoms with Crippen LogP contribution in [-0.2, 0) is 0 Å². The number of aromatic nitrogens is 2. The van der Waals surface area contributed by atoms with Crippen molar-refractivity contribution in [3.63, 3.8) is 0 Å². The van der Waals surface area contributed by atoms with E-state index < -0.39 is 0 Å². The standard InChI is InChI=1S/C8H11ClN4S/c9-6-7(10)11-5-12-8(6)13-1-3-14-4-2-13/h5H,1-4H2,(H2,10,11,12). The third kappa shape index (κ3) is 1.88. The van der Waals surface area contributed by atoms with Gasteiger partial charge in [-0.25, -0.2) is 9.97 Å². The van der Waals surface area contributed by atoms with Crippen molar-refractivity contribution in [3.8, 4) is 0 Å². The zero-order valence-corrected chi connectivity index (χ0v) is 9.18. The first-order chi connectivity index (χ1) is 6.79. The molecule has 0 aliphatic carbocycles. The van der Waals surface area contributed by atoms with Crippen molar-refractivity contribution >= 4 is 35.0 Å². The van der Waals surface area contributed by atoms with Gasteiger partial charge >= 0.3 is 0 Å². The van der Waals surface area contributed by atoms with Gasteiger partial charge in [0.2, 0.25) is 0 Å². The summed E-state index contributed by atoms with van der Waals surface area (Å²) in [6.45, 7) is 1.95. The molecule has 76 valence electrons. The summed E-state index contributed by atoms with van der Waals surface area (Å²) in [4.78, 5) is 10.1. The molecule has 14 heavy (non-hydrogen) atoms. The Labute approximate surface area is 91.9 Å². The predicted octanol–water partition coefficient (Wildman–Crippen LogP) is 1.27. The van der Waals surface area contributed by atoms with Gasteiger partial charge in [-0.15, -0.1) is 0 Å². The van der Waals surface area contributed by atoms with Crippen LogP contribution < -0.4 is 10.6 Å². The molecule has 1 aliphatic heterocycles. The van der Waals surface area contributed by atoms with Crippen molar-refractivity contribution in [2.45, 2.75) is 0 Å². The summed E-state index contributed by atoms with van der Waals surface area (Å²) in [5.74, 6) is 3.34. The monoisotopic (exact) mass is 230 g/mol. The Morgan fingerprint density at radius 3 is 2.79 bits per heavy atom. The molecule has 4 nitrogen and oxygen atoms in total. The lowest BCUT2D eigenvalue weighted by Gasteiger charge is -2.27. The molecule has 2 N–H and O–H groups in total. The Balaban J connectivity index is 2.26. The Hall–Kier alpha value is -0.680. The summed E-state index contributed by atoms with van der Waals surface area (Å²) in [5, 5.41) is 0.472. The van der Waals surface area contributed by atoms with Gasteiger partial charge in [-0.1, -0.05) is 11.6 Å². The van der Waals surface area contributed by atoms with E-state index in [4.69, 9.17) is 17.3 Å². The van der Waals surface area contributed by atoms with Gasteiger partial charge in [0.15, 0.2) is 5.82 Å². The van der Waals surface area contributed by atoms with E-state index in [0.29, 0.717) is 10.8 Å². The Morgan fingerprint density at radius 2 is 2.07 bits per heavy atom. The van der Waals surface area contributed by atoms with Crippen molar-refractivity contribution in [1.29, 1.82) is 0 Å². The van der Waals surface area contributed by atoms with E-state index in [1.165, 1.54) is 6.33 Å². The zero-order chi connectivity index (χ0) is 9.97. The quantitative estimate of drug-likeness (QED) is 0.788. The molecule has 0 spiro atoms. The van der Waals surface area contributed by atoms with Crippen LogP contribution in [0.5, 0.6) is 0 Å². The SMILES string of the molecule is Nc1ncnc(N2CCSCC2)c1Cl. The fourth-order valence-electron chi connectivity index (χ4n) is 1.37. The van der Waals surface area contributed by atoms with E-state index >= 15 is 0 Å². The highest BCUT2D eigenvalue weighted by Crippen LogP contribution is 2.28. The highest BCUT2D eigenvalue weighted by molar-refractivity contribution is 7.99. The Morgan fingerprint density at radius 1 is 1.36 bits per heavy atom. The van der Waals surface area contributed by atoms with E-state index in [2.05, 4.69) is 14.9 Å². The minimum absolute atomic E-state index is 0.356. The van der Waals surface area contributed by atoms with E-state index in [1.807, 2.05) is 11.8 Å². The van der Waals surface area contributed by atoms with E-state index in [0.717, 1.165) is 30.4 Å². The molecule has 0 bridgehead atoms. The van der Waals surface area contributed by atoms with E-state index in [-0.39, 0.29) is 0 Å². The van der Waals surface area contributed by atoms with E-state index in [9.17, 15) is 0 Å². The minimum Gasteiger partial charge on any atom is -0.382 e. The van der Waals surface area contributed by atoms with Crippen molar-refractivity contribution in [2.24, 2.45) is 0 Å². The smallest absolute Gasteiger partial charge is 0.153 e. The highest BCUT2D eigenvalue weighted by Gasteiger charge is 2.16. The van der Waals surface area contributed by atoms with Crippen LogP contribution in [0.25, 0.3) is 0 Å². The topological polar surface area (TPSA) is 55.0 Å². The van der Waals surface area contributed by atoms with Gasteiger partial charge in [-0.3, -0.25) is 0 Å². The molecule has 0 atom stereocenters. The summed E-state index contributed by atoms with van der Waals surface area (Å²) >= 11 is 7.97. The first-order valence-electron chi connectivity index (χ1n) is 4.37. The van der Waals surface area contributed by atoms with Crippen LogP contribution in [0.15, 0.2) is 6.33 Å². The number of halogens is 1. The van der Waals surface area contributed by atoms with Gasteiger partial charge in [0, 0.05) is 24.6 Å². The lowest BCUT2D eigenvalue weighted by molar-refractivity contribution is 0.836. The molecular weight excluding hydrogens is 220 g/mol. The molecule has 1 fully saturated rings. The summed E-state index contributed by atoms with van der Waals surface area (Å²) in [6, 6.07) is 0. The number of hydrogen-bond donors (Lipinski definition) is 1. The van der Waals surface area contributed by atoms with Gasteiger partial charge in [0.25, 0.3) is 0 Å². The molecule has 0 radical (unpaired) electrons. The molecule has 1 saturated heterocycles. The van der Waals surface area contributed by atoms with Gasteiger partial charge in [0.1, 0.15) is 17.2 Å². The second-order valence-corrected chi connectivity index (χ2v) is 4.60. The summed E-state index contributed by atoms with van der Waals surface area (Å²) < 4.78 is 0. The van der Waals surface area contributed by atoms with Crippen molar-refractivity contribution in [1.82, 2.24) is 9.97 Å². The largest absolute Gasteiger partial charge is 0.382 e. The molecule has 6 heteroatoms. The van der Waals surface area contributed by atoms with Crippen molar-refractivity contribution in [2.75, 3.05) is 35.2 Å². The summed E-state index contributed by atoms with van der Waals surface area (Å²) in [7, 11) is 0. The van der Waals surface area contributed by atoms with Crippen LogP contribution >= 0.6 is 23.4 Å². The maximum absolute atomic E-state index is 6.03. The normalized spacial score (nSPS) is 17.1. The van der Waals surface area contributed by atoms with Gasteiger partial charge < -0.3 is 10.6 Å². The van der Waals surface area contributed by atoms with Crippen molar-refractivity contribution < 1.29 is 0 Å². The molecule has 0 aromatic carbocycles. The second kappa shape index (κ2) is 4.23. The maximum Gasteiger partial charge on any atom is 0.153 e. The minimum atomic E-state index is 0.356. The molecule has 2 rings (SSSR count). The zero-order valence-electron chi connectivity index (χ0n) is 7.61. The number of hydrogen-bond acceptors (Lipinski definition) is 5. The predicted molar refractivity (Wildman–Crippen MR) is 61.0 cm³/mol. The Bertz CT molecular complexity index is 327. The molecule has 0 amide bonds. The average molecular weight is 231 g/mol. The number of rotatable bonds is 1. The fourth-order valence-corrected chi connectivity index (χ4v) is 2.49. The third-order valence-electron chi connectivity index (χ3n) is 2.11. The lowest BCUT2D eigenvalue weighted by Crippen LogP contribution is -2.33. The van der Waals surface area contributed by atoms with Crippen LogP contribution in [0.4, 0.5) is 11.6 Å². The summed E-state index contributed by atoms with van der Waals surface area (Å²) in [5.41, 5.74) is 5.61. The van der Waals surface area contributed by atoms with Gasteiger partial charge in [-0.2, -0.15) is 11.8 Å². The van der Waals surface area contributed by atoms with Crippen LogP contribution in [0, 0.1) is 0 Å². The maximum atomic E-state index is 6.03. The van der Waals surface area contributed by atoms with Gasteiger partial charge in [0.05, 0.1) is 0 Å². The third-order valence-corrected chi connectivity index (χ3v) is 3.41. The van der Waals surface area contributed by atoms with Crippen LogP contribution in [0.2, 0.25) is 5.02 Å². The lowest BCUT2D eigenvalue weighted by atomic mass is 10.4. The van der Waals surface area contributed by atoms with E-state index in [1.54, 1.807) is 0 Å². The first-order valence-corrected chi connectivity index (χ1v) is 5.91. The number of nitrogens with zero attached hydrogens (tertiary/aromatic N) is 3. The molecule has 1 aromatic heterocycles. The molecule has 1 aliphatic rings. The number of nitrogen functional groups attached to an aromatic ring is 1. The van der Waals surface area contributed by atoms with Crippen LogP contribution in [0.3, 0.4) is 0 Å². The molecule has 0 saturated carbocycles. The fraction of sp³-hybridized carbons (Fsp3) is 0.500. The summed E-state index contributed by atoms with van der Waals surface area (Å²) in [6.07, 6.45) is 1.46.